The Kier molecular flexibility index (Phi) is 2.86. The number of nitrogens with zero attached hydrogens (tertiary/aromatic N) is 1. The van der Waals surface area contributed by atoms with E-state index in [4.69, 9.17) is 4.74 Å². The first kappa shape index (κ1) is 11.3. The number of halogens is 1. The summed E-state index contributed by atoms with van der Waals surface area (Å²) < 4.78 is 39.6. The normalized spacial score (nSPS) is 18.1. The Morgan fingerprint density at radius 2 is 2.12 bits per heavy atom. The van der Waals surface area contributed by atoms with E-state index in [0.29, 0.717) is 5.75 Å². The van der Waals surface area contributed by atoms with Crippen molar-refractivity contribution in [2.75, 3.05) is 13.1 Å². The number of hydrogen-bond acceptors (Lipinski definition) is 3. The standard InChI is InChI=1S/C10H12FNO3S/c1-8-3-2-4-9(5-8)15-10-6-12(7-10)16(11,13)14/h2-5,10H,6-7H2,1H3. The molecule has 0 spiro atoms. The average Bonchev–Trinajstić information content (AvgIpc) is 2.08. The molecule has 0 amide bonds. The highest BCUT2D eigenvalue weighted by Gasteiger charge is 2.37. The van der Waals surface area contributed by atoms with Crippen molar-refractivity contribution in [3.8, 4) is 5.75 Å². The molecule has 4 nitrogen and oxygen atoms in total. The van der Waals surface area contributed by atoms with Gasteiger partial charge in [0.25, 0.3) is 0 Å². The molecule has 1 heterocycles. The molecular formula is C10H12FNO3S. The van der Waals surface area contributed by atoms with Gasteiger partial charge in [0.15, 0.2) is 0 Å². The van der Waals surface area contributed by atoms with Gasteiger partial charge in [-0.15, -0.1) is 0 Å². The van der Waals surface area contributed by atoms with Gasteiger partial charge >= 0.3 is 10.4 Å². The number of aryl methyl sites for hydroxylation is 1. The van der Waals surface area contributed by atoms with Crippen LogP contribution in [0.2, 0.25) is 0 Å². The number of hydrogen-bond donors (Lipinski definition) is 0. The fourth-order valence-electron chi connectivity index (χ4n) is 1.53. The van der Waals surface area contributed by atoms with Crippen molar-refractivity contribution in [3.05, 3.63) is 29.8 Å². The molecule has 0 radical (unpaired) electrons. The van der Waals surface area contributed by atoms with E-state index in [1.165, 1.54) is 0 Å². The van der Waals surface area contributed by atoms with E-state index in [1.807, 2.05) is 25.1 Å². The van der Waals surface area contributed by atoms with E-state index in [1.54, 1.807) is 6.07 Å². The monoisotopic (exact) mass is 245 g/mol. The predicted octanol–water partition coefficient (Wildman–Crippen LogP) is 1.27. The third kappa shape index (κ3) is 2.51. The SMILES string of the molecule is Cc1cccc(OC2CN(S(=O)(=O)F)C2)c1. The van der Waals surface area contributed by atoms with E-state index in [0.717, 1.165) is 9.87 Å². The topological polar surface area (TPSA) is 46.6 Å². The van der Waals surface area contributed by atoms with E-state index in [9.17, 15) is 12.3 Å². The third-order valence-corrected chi connectivity index (χ3v) is 3.33. The Hall–Kier alpha value is -1.14. The number of rotatable bonds is 3. The highest BCUT2D eigenvalue weighted by Crippen LogP contribution is 2.21. The maximum absolute atomic E-state index is 12.5. The average molecular weight is 245 g/mol. The van der Waals surface area contributed by atoms with Gasteiger partial charge in [-0.25, -0.2) is 0 Å². The molecule has 0 aliphatic carbocycles. The molecule has 0 bridgehead atoms. The van der Waals surface area contributed by atoms with Crippen molar-refractivity contribution in [2.45, 2.75) is 13.0 Å². The molecule has 1 fully saturated rings. The van der Waals surface area contributed by atoms with Gasteiger partial charge in [-0.3, -0.25) is 0 Å². The van der Waals surface area contributed by atoms with Crippen LogP contribution in [-0.4, -0.2) is 31.9 Å². The summed E-state index contributed by atoms with van der Waals surface area (Å²) in [4.78, 5) is 0. The van der Waals surface area contributed by atoms with Crippen LogP contribution >= 0.6 is 0 Å². The lowest BCUT2D eigenvalue weighted by Crippen LogP contribution is -2.54. The van der Waals surface area contributed by atoms with E-state index < -0.39 is 10.4 Å². The number of benzene rings is 1. The smallest absolute Gasteiger partial charge is 0.375 e. The fourth-order valence-corrected chi connectivity index (χ4v) is 2.22. The summed E-state index contributed by atoms with van der Waals surface area (Å²) in [6.45, 7) is 2.09. The molecule has 0 atom stereocenters. The first-order chi connectivity index (χ1) is 7.45. The van der Waals surface area contributed by atoms with Crippen LogP contribution < -0.4 is 4.74 Å². The van der Waals surface area contributed by atoms with Crippen LogP contribution in [0.25, 0.3) is 0 Å². The Bertz CT molecular complexity index is 483. The predicted molar refractivity (Wildman–Crippen MR) is 57.2 cm³/mol. The Labute approximate surface area is 94.0 Å². The summed E-state index contributed by atoms with van der Waals surface area (Å²) in [7, 11) is -4.55. The molecule has 1 saturated heterocycles. The van der Waals surface area contributed by atoms with Crippen molar-refractivity contribution >= 4 is 10.4 Å². The Balaban J connectivity index is 1.91. The van der Waals surface area contributed by atoms with Crippen molar-refractivity contribution in [1.29, 1.82) is 0 Å². The lowest BCUT2D eigenvalue weighted by molar-refractivity contribution is 0.0728. The van der Waals surface area contributed by atoms with Gasteiger partial charge in [-0.2, -0.15) is 12.7 Å². The van der Waals surface area contributed by atoms with Gasteiger partial charge in [0.2, 0.25) is 0 Å². The van der Waals surface area contributed by atoms with Crippen molar-refractivity contribution in [1.82, 2.24) is 4.31 Å². The van der Waals surface area contributed by atoms with Crippen molar-refractivity contribution in [3.63, 3.8) is 0 Å². The lowest BCUT2D eigenvalue weighted by atomic mass is 10.2. The van der Waals surface area contributed by atoms with Crippen LogP contribution in [0.3, 0.4) is 0 Å². The minimum atomic E-state index is -4.55. The minimum absolute atomic E-state index is 0.0762. The molecule has 0 unspecified atom stereocenters. The second-order valence-corrected chi connectivity index (χ2v) is 5.16. The zero-order valence-corrected chi connectivity index (χ0v) is 9.58. The van der Waals surface area contributed by atoms with Gasteiger partial charge in [-0.05, 0) is 24.6 Å². The van der Waals surface area contributed by atoms with Gasteiger partial charge < -0.3 is 4.74 Å². The van der Waals surface area contributed by atoms with E-state index >= 15 is 0 Å². The molecule has 16 heavy (non-hydrogen) atoms. The van der Waals surface area contributed by atoms with Gasteiger partial charge in [0.05, 0.1) is 13.1 Å². The molecule has 0 aromatic heterocycles. The highest BCUT2D eigenvalue weighted by atomic mass is 32.3. The molecule has 1 aromatic rings. The highest BCUT2D eigenvalue weighted by molar-refractivity contribution is 7.84. The molecule has 1 aliphatic rings. The van der Waals surface area contributed by atoms with Crippen LogP contribution in [-0.2, 0) is 10.4 Å². The van der Waals surface area contributed by atoms with E-state index in [2.05, 4.69) is 0 Å². The summed E-state index contributed by atoms with van der Waals surface area (Å²) in [5.41, 5.74) is 1.06. The van der Waals surface area contributed by atoms with Gasteiger partial charge in [0.1, 0.15) is 11.9 Å². The zero-order valence-electron chi connectivity index (χ0n) is 8.76. The molecule has 0 N–H and O–H groups in total. The van der Waals surface area contributed by atoms with Crippen LogP contribution in [0, 0.1) is 6.92 Å². The Morgan fingerprint density at radius 1 is 1.44 bits per heavy atom. The Morgan fingerprint density at radius 3 is 2.69 bits per heavy atom. The van der Waals surface area contributed by atoms with Crippen LogP contribution in [0.1, 0.15) is 5.56 Å². The van der Waals surface area contributed by atoms with E-state index in [-0.39, 0.29) is 19.2 Å². The van der Waals surface area contributed by atoms with Crippen molar-refractivity contribution < 1.29 is 17.0 Å². The van der Waals surface area contributed by atoms with Gasteiger partial charge in [-0.1, -0.05) is 16.0 Å². The molecule has 1 aromatic carbocycles. The maximum atomic E-state index is 12.5. The molecule has 1 aliphatic heterocycles. The summed E-state index contributed by atoms with van der Waals surface area (Å²) in [6, 6.07) is 7.44. The second-order valence-electron chi connectivity index (χ2n) is 3.82. The molecular weight excluding hydrogens is 233 g/mol. The maximum Gasteiger partial charge on any atom is 0.375 e. The quantitative estimate of drug-likeness (QED) is 0.753. The molecule has 88 valence electrons. The van der Waals surface area contributed by atoms with Gasteiger partial charge in [0, 0.05) is 0 Å². The summed E-state index contributed by atoms with van der Waals surface area (Å²) >= 11 is 0. The molecule has 6 heteroatoms. The third-order valence-electron chi connectivity index (χ3n) is 2.42. The lowest BCUT2D eigenvalue weighted by Gasteiger charge is -2.35. The van der Waals surface area contributed by atoms with Crippen LogP contribution in [0.4, 0.5) is 3.89 Å². The number of ether oxygens (including phenoxy) is 1. The molecule has 2 rings (SSSR count). The first-order valence-electron chi connectivity index (χ1n) is 4.88. The second kappa shape index (κ2) is 4.03. The summed E-state index contributed by atoms with van der Waals surface area (Å²) in [5.74, 6) is 0.681. The first-order valence-corrected chi connectivity index (χ1v) is 6.22. The summed E-state index contributed by atoms with van der Waals surface area (Å²) in [5, 5.41) is 0. The van der Waals surface area contributed by atoms with Crippen molar-refractivity contribution in [2.24, 2.45) is 0 Å². The zero-order chi connectivity index (χ0) is 11.8. The van der Waals surface area contributed by atoms with Crippen LogP contribution in [0.15, 0.2) is 24.3 Å². The molecule has 0 saturated carbocycles. The largest absolute Gasteiger partial charge is 0.488 e. The fraction of sp³-hybridized carbons (Fsp3) is 0.400. The summed E-state index contributed by atoms with van der Waals surface area (Å²) in [6.07, 6.45) is -0.257. The minimum Gasteiger partial charge on any atom is -0.488 e. The van der Waals surface area contributed by atoms with Crippen LogP contribution in [0.5, 0.6) is 5.75 Å².